The summed E-state index contributed by atoms with van der Waals surface area (Å²) in [6.07, 6.45) is 3.68. The number of hydrogen-bond acceptors (Lipinski definition) is 4. The lowest BCUT2D eigenvalue weighted by atomic mass is 9.79. The summed E-state index contributed by atoms with van der Waals surface area (Å²) in [6.45, 7) is 4.50. The molecule has 6 nitrogen and oxygen atoms in total. The Bertz CT molecular complexity index is 814. The molecule has 1 aliphatic carbocycles. The number of halogens is 1. The van der Waals surface area contributed by atoms with E-state index in [0.717, 1.165) is 35.8 Å². The Morgan fingerprint density at radius 3 is 2.52 bits per heavy atom. The van der Waals surface area contributed by atoms with Crippen LogP contribution in [0.4, 0.5) is 4.79 Å². The minimum absolute atomic E-state index is 0.148. The smallest absolute Gasteiger partial charge is 0.390 e. The van der Waals surface area contributed by atoms with E-state index in [1.54, 1.807) is 4.68 Å². The summed E-state index contributed by atoms with van der Waals surface area (Å²) >= 11 is 3.46. The first-order valence-electron chi connectivity index (χ1n) is 10.3. The average Bonchev–Trinajstić information content (AvgIpc) is 2.97. The highest BCUT2D eigenvalue weighted by Gasteiger charge is 2.31. The van der Waals surface area contributed by atoms with Crippen LogP contribution >= 0.6 is 15.9 Å². The summed E-state index contributed by atoms with van der Waals surface area (Å²) in [7, 11) is 4.30. The summed E-state index contributed by atoms with van der Waals surface area (Å²) in [5.41, 5.74) is 2.17. The van der Waals surface area contributed by atoms with Gasteiger partial charge in [-0.1, -0.05) is 30.3 Å². The van der Waals surface area contributed by atoms with Gasteiger partial charge in [-0.2, -0.15) is 5.10 Å². The van der Waals surface area contributed by atoms with Gasteiger partial charge in [0.05, 0.1) is 5.69 Å². The molecule has 1 aromatic carbocycles. The van der Waals surface area contributed by atoms with Crippen molar-refractivity contribution in [2.75, 3.05) is 14.1 Å². The molecule has 0 aliphatic heterocycles. The van der Waals surface area contributed by atoms with Gasteiger partial charge in [-0.3, -0.25) is 0 Å². The molecule has 7 heteroatoms. The highest BCUT2D eigenvalue weighted by Crippen LogP contribution is 2.37. The second-order valence-electron chi connectivity index (χ2n) is 7.99. The van der Waals surface area contributed by atoms with Gasteiger partial charge < -0.3 is 15.0 Å². The van der Waals surface area contributed by atoms with Crippen LogP contribution in [0.15, 0.2) is 34.8 Å². The number of aromatic nitrogens is 2. The summed E-state index contributed by atoms with van der Waals surface area (Å²) in [5.74, 6) is 1.05. The molecule has 0 radical (unpaired) electrons. The van der Waals surface area contributed by atoms with Gasteiger partial charge in [-0.25, -0.2) is 9.48 Å². The number of carbonyl (C=O) groups is 1. The van der Waals surface area contributed by atoms with E-state index in [-0.39, 0.29) is 6.04 Å². The Morgan fingerprint density at radius 1 is 1.28 bits per heavy atom. The number of rotatable bonds is 6. The molecule has 0 saturated heterocycles. The lowest BCUT2D eigenvalue weighted by Gasteiger charge is -2.37. The SMILES string of the molecule is CCn1nc(C)c(Br)c1OC(=O)NC1CCC(C(c2ccccc2)N(C)C)CC1. The molecule has 1 unspecified atom stereocenters. The Labute approximate surface area is 181 Å². The highest BCUT2D eigenvalue weighted by atomic mass is 79.9. The zero-order valence-corrected chi connectivity index (χ0v) is 19.3. The van der Waals surface area contributed by atoms with Crippen molar-refractivity contribution in [2.24, 2.45) is 5.92 Å². The minimum Gasteiger partial charge on any atom is -0.390 e. The Kier molecular flexibility index (Phi) is 7.35. The monoisotopic (exact) mass is 462 g/mol. The summed E-state index contributed by atoms with van der Waals surface area (Å²) in [4.78, 5) is 14.8. The maximum absolute atomic E-state index is 12.5. The first kappa shape index (κ1) is 21.8. The van der Waals surface area contributed by atoms with Gasteiger partial charge in [0.2, 0.25) is 5.88 Å². The first-order chi connectivity index (χ1) is 13.9. The number of ether oxygens (including phenoxy) is 1. The van der Waals surface area contributed by atoms with Crippen LogP contribution in [0.1, 0.15) is 49.9 Å². The number of carbonyl (C=O) groups excluding carboxylic acids is 1. The fourth-order valence-corrected chi connectivity index (χ4v) is 4.72. The van der Waals surface area contributed by atoms with Crippen LogP contribution in [0.5, 0.6) is 5.88 Å². The molecule has 0 spiro atoms. The molecule has 0 bridgehead atoms. The second kappa shape index (κ2) is 9.76. The number of nitrogens with zero attached hydrogens (tertiary/aromatic N) is 3. The number of benzene rings is 1. The molecule has 3 rings (SSSR count). The predicted octanol–water partition coefficient (Wildman–Crippen LogP) is 4.92. The Hall–Kier alpha value is -1.86. The van der Waals surface area contributed by atoms with Crippen LogP contribution in [0, 0.1) is 12.8 Å². The van der Waals surface area contributed by atoms with E-state index >= 15 is 0 Å². The molecule has 158 valence electrons. The normalized spacial score (nSPS) is 20.5. The third kappa shape index (κ3) is 5.20. The van der Waals surface area contributed by atoms with Gasteiger partial charge in [0.25, 0.3) is 0 Å². The molecular formula is C22H31BrN4O2. The van der Waals surface area contributed by atoms with Gasteiger partial charge in [-0.15, -0.1) is 0 Å². The molecular weight excluding hydrogens is 432 g/mol. The van der Waals surface area contributed by atoms with Gasteiger partial charge in [0.15, 0.2) is 0 Å². The van der Waals surface area contributed by atoms with E-state index in [1.807, 2.05) is 13.8 Å². The third-order valence-electron chi connectivity index (χ3n) is 5.74. The third-order valence-corrected chi connectivity index (χ3v) is 6.65. The summed E-state index contributed by atoms with van der Waals surface area (Å²) < 4.78 is 7.99. The number of amides is 1. The van der Waals surface area contributed by atoms with Crippen molar-refractivity contribution in [3.63, 3.8) is 0 Å². The molecule has 1 atom stereocenters. The molecule has 1 N–H and O–H groups in total. The molecule has 2 aromatic rings. The number of aryl methyl sites for hydroxylation is 2. The van der Waals surface area contributed by atoms with Crippen molar-refractivity contribution >= 4 is 22.0 Å². The van der Waals surface area contributed by atoms with Crippen molar-refractivity contribution in [1.29, 1.82) is 0 Å². The quantitative estimate of drug-likeness (QED) is 0.661. The van der Waals surface area contributed by atoms with E-state index in [0.29, 0.717) is 24.4 Å². The fourth-order valence-electron chi connectivity index (χ4n) is 4.36. The first-order valence-corrected chi connectivity index (χ1v) is 11.1. The average molecular weight is 463 g/mol. The van der Waals surface area contributed by atoms with Crippen molar-refractivity contribution in [2.45, 2.75) is 58.2 Å². The van der Waals surface area contributed by atoms with Gasteiger partial charge >= 0.3 is 6.09 Å². The van der Waals surface area contributed by atoms with E-state index in [1.165, 1.54) is 5.56 Å². The largest absolute Gasteiger partial charge is 0.414 e. The summed E-state index contributed by atoms with van der Waals surface area (Å²) in [5, 5.41) is 7.41. The minimum atomic E-state index is -0.407. The van der Waals surface area contributed by atoms with Crippen molar-refractivity contribution < 1.29 is 9.53 Å². The second-order valence-corrected chi connectivity index (χ2v) is 8.78. The van der Waals surface area contributed by atoms with Gasteiger partial charge in [0, 0.05) is 18.6 Å². The number of nitrogens with one attached hydrogen (secondary N) is 1. The highest BCUT2D eigenvalue weighted by molar-refractivity contribution is 9.10. The van der Waals surface area contributed by atoms with Crippen LogP contribution < -0.4 is 10.1 Å². The lowest BCUT2D eigenvalue weighted by Crippen LogP contribution is -2.41. The van der Waals surface area contributed by atoms with Crippen LogP contribution in [-0.2, 0) is 6.54 Å². The zero-order valence-electron chi connectivity index (χ0n) is 17.7. The maximum atomic E-state index is 12.5. The molecule has 1 aliphatic rings. The Balaban J connectivity index is 1.56. The molecule has 1 amide bonds. The maximum Gasteiger partial charge on any atom is 0.414 e. The van der Waals surface area contributed by atoms with Crippen LogP contribution in [0.25, 0.3) is 0 Å². The van der Waals surface area contributed by atoms with Crippen molar-refractivity contribution in [3.8, 4) is 5.88 Å². The molecule has 1 fully saturated rings. The van der Waals surface area contributed by atoms with Crippen LogP contribution in [0.3, 0.4) is 0 Å². The van der Waals surface area contributed by atoms with E-state index in [4.69, 9.17) is 4.74 Å². The lowest BCUT2D eigenvalue weighted by molar-refractivity contribution is 0.150. The Morgan fingerprint density at radius 2 is 1.93 bits per heavy atom. The standard InChI is InChI=1S/C22H31BrN4O2/c1-5-27-21(19(23)15(2)25-27)29-22(28)24-18-13-11-17(12-14-18)20(26(3)4)16-9-7-6-8-10-16/h6-10,17-18,20H,5,11-14H2,1-4H3,(H,24,28). The van der Waals surface area contributed by atoms with Crippen molar-refractivity contribution in [3.05, 3.63) is 46.1 Å². The van der Waals surface area contributed by atoms with E-state index in [2.05, 4.69) is 75.7 Å². The zero-order chi connectivity index (χ0) is 21.0. The number of hydrogen-bond donors (Lipinski definition) is 1. The van der Waals surface area contributed by atoms with Crippen LogP contribution in [0.2, 0.25) is 0 Å². The van der Waals surface area contributed by atoms with Gasteiger partial charge in [-0.05, 0) is 81.0 Å². The molecule has 29 heavy (non-hydrogen) atoms. The molecule has 1 heterocycles. The van der Waals surface area contributed by atoms with Crippen molar-refractivity contribution in [1.82, 2.24) is 20.0 Å². The van der Waals surface area contributed by atoms with E-state index < -0.39 is 6.09 Å². The van der Waals surface area contributed by atoms with Crippen LogP contribution in [-0.4, -0.2) is 40.9 Å². The summed E-state index contributed by atoms with van der Waals surface area (Å²) in [6, 6.07) is 11.3. The predicted molar refractivity (Wildman–Crippen MR) is 118 cm³/mol. The molecule has 1 aromatic heterocycles. The topological polar surface area (TPSA) is 59.4 Å². The van der Waals surface area contributed by atoms with E-state index in [9.17, 15) is 4.79 Å². The molecule has 1 saturated carbocycles. The van der Waals surface area contributed by atoms with Gasteiger partial charge in [0.1, 0.15) is 4.47 Å². The fraction of sp³-hybridized carbons (Fsp3) is 0.545.